The number of amides is 1. The summed E-state index contributed by atoms with van der Waals surface area (Å²) in [5, 5.41) is 13.1. The van der Waals surface area contributed by atoms with E-state index in [9.17, 15) is 9.90 Å². The van der Waals surface area contributed by atoms with E-state index in [1.165, 1.54) is 0 Å². The molecule has 17 heavy (non-hydrogen) atoms. The van der Waals surface area contributed by atoms with E-state index in [0.29, 0.717) is 12.5 Å². The summed E-state index contributed by atoms with van der Waals surface area (Å²) in [4.78, 5) is 13.9. The number of nitrogens with zero attached hydrogens (tertiary/aromatic N) is 1. The van der Waals surface area contributed by atoms with E-state index in [0.717, 1.165) is 32.4 Å². The standard InChI is InChI=1S/C13H26N2O2/c1-4-14-12-6-5-7-15(13(12)17)9-11(16)8-10(2)3/h10-12,14,16H,4-9H2,1-3H3. The molecule has 0 radical (unpaired) electrons. The molecule has 4 nitrogen and oxygen atoms in total. The molecule has 1 rings (SSSR count). The maximum Gasteiger partial charge on any atom is 0.239 e. The van der Waals surface area contributed by atoms with Crippen LogP contribution in [0.15, 0.2) is 0 Å². The van der Waals surface area contributed by atoms with Gasteiger partial charge in [0.1, 0.15) is 0 Å². The van der Waals surface area contributed by atoms with Crippen molar-refractivity contribution >= 4 is 5.91 Å². The van der Waals surface area contributed by atoms with Gasteiger partial charge >= 0.3 is 0 Å². The van der Waals surface area contributed by atoms with Gasteiger partial charge in [-0.25, -0.2) is 0 Å². The molecule has 0 aromatic heterocycles. The Kier molecular flexibility index (Phi) is 5.92. The Labute approximate surface area is 104 Å². The summed E-state index contributed by atoms with van der Waals surface area (Å²) >= 11 is 0. The minimum Gasteiger partial charge on any atom is -0.391 e. The zero-order valence-corrected chi connectivity index (χ0v) is 11.3. The molecule has 1 saturated heterocycles. The maximum absolute atomic E-state index is 12.1. The largest absolute Gasteiger partial charge is 0.391 e. The normalized spacial score (nSPS) is 23.2. The summed E-state index contributed by atoms with van der Waals surface area (Å²) in [6.45, 7) is 8.28. The predicted octanol–water partition coefficient (Wildman–Crippen LogP) is 0.994. The van der Waals surface area contributed by atoms with Gasteiger partial charge in [-0.05, 0) is 31.7 Å². The first-order valence-electron chi connectivity index (χ1n) is 6.74. The lowest BCUT2D eigenvalue weighted by Gasteiger charge is -2.34. The smallest absolute Gasteiger partial charge is 0.239 e. The fourth-order valence-corrected chi connectivity index (χ4v) is 2.43. The predicted molar refractivity (Wildman–Crippen MR) is 68.7 cm³/mol. The average molecular weight is 242 g/mol. The lowest BCUT2D eigenvalue weighted by Crippen LogP contribution is -2.52. The molecular weight excluding hydrogens is 216 g/mol. The number of rotatable bonds is 6. The molecule has 1 heterocycles. The fraction of sp³-hybridized carbons (Fsp3) is 0.923. The van der Waals surface area contributed by atoms with Crippen LogP contribution in [0.5, 0.6) is 0 Å². The van der Waals surface area contributed by atoms with Gasteiger partial charge in [-0.2, -0.15) is 0 Å². The number of carbonyl (C=O) groups is 1. The summed E-state index contributed by atoms with van der Waals surface area (Å²) in [7, 11) is 0. The number of carbonyl (C=O) groups excluding carboxylic acids is 1. The molecule has 0 spiro atoms. The van der Waals surface area contributed by atoms with Crippen molar-refractivity contribution in [3.63, 3.8) is 0 Å². The third-order valence-electron chi connectivity index (χ3n) is 3.16. The topological polar surface area (TPSA) is 52.6 Å². The monoisotopic (exact) mass is 242 g/mol. The minimum atomic E-state index is -0.390. The Morgan fingerprint density at radius 1 is 1.53 bits per heavy atom. The van der Waals surface area contributed by atoms with Crippen LogP contribution in [0.4, 0.5) is 0 Å². The van der Waals surface area contributed by atoms with Gasteiger partial charge in [-0.1, -0.05) is 20.8 Å². The number of likely N-dealkylation sites (N-methyl/N-ethyl adjacent to an activating group) is 1. The number of aliphatic hydroxyl groups is 1. The molecule has 0 aromatic carbocycles. The molecule has 1 amide bonds. The first-order chi connectivity index (χ1) is 8.04. The van der Waals surface area contributed by atoms with E-state index < -0.39 is 0 Å². The lowest BCUT2D eigenvalue weighted by atomic mass is 10.0. The molecule has 0 bridgehead atoms. The fourth-order valence-electron chi connectivity index (χ4n) is 2.43. The van der Waals surface area contributed by atoms with Crippen molar-refractivity contribution in [1.29, 1.82) is 0 Å². The molecule has 0 saturated carbocycles. The number of β-amino-alcohol motifs (C(OH)–C–C–N with tert-alkyl or cyclic N) is 1. The zero-order chi connectivity index (χ0) is 12.8. The van der Waals surface area contributed by atoms with Crippen molar-refractivity contribution in [2.75, 3.05) is 19.6 Å². The van der Waals surface area contributed by atoms with Gasteiger partial charge in [-0.3, -0.25) is 4.79 Å². The highest BCUT2D eigenvalue weighted by molar-refractivity contribution is 5.82. The Morgan fingerprint density at radius 2 is 2.24 bits per heavy atom. The molecule has 4 heteroatoms. The highest BCUT2D eigenvalue weighted by Crippen LogP contribution is 2.14. The Bertz CT molecular complexity index is 242. The first kappa shape index (κ1) is 14.5. The number of piperidine rings is 1. The van der Waals surface area contributed by atoms with Gasteiger partial charge in [0.2, 0.25) is 5.91 Å². The van der Waals surface area contributed by atoms with E-state index in [2.05, 4.69) is 19.2 Å². The van der Waals surface area contributed by atoms with Crippen LogP contribution in [-0.2, 0) is 4.79 Å². The minimum absolute atomic E-state index is 0.0417. The van der Waals surface area contributed by atoms with Crippen molar-refractivity contribution in [2.45, 2.75) is 52.2 Å². The Morgan fingerprint density at radius 3 is 2.82 bits per heavy atom. The van der Waals surface area contributed by atoms with Crippen molar-refractivity contribution in [1.82, 2.24) is 10.2 Å². The second-order valence-electron chi connectivity index (χ2n) is 5.32. The molecule has 0 aromatic rings. The summed E-state index contributed by atoms with van der Waals surface area (Å²) in [5.41, 5.74) is 0. The van der Waals surface area contributed by atoms with Gasteiger partial charge in [0.15, 0.2) is 0 Å². The molecule has 100 valence electrons. The third-order valence-corrected chi connectivity index (χ3v) is 3.16. The zero-order valence-electron chi connectivity index (χ0n) is 11.3. The molecule has 2 N–H and O–H groups in total. The third kappa shape index (κ3) is 4.64. The van der Waals surface area contributed by atoms with Crippen LogP contribution in [0.25, 0.3) is 0 Å². The van der Waals surface area contributed by atoms with Crippen LogP contribution < -0.4 is 5.32 Å². The number of likely N-dealkylation sites (tertiary alicyclic amines) is 1. The highest BCUT2D eigenvalue weighted by atomic mass is 16.3. The van der Waals surface area contributed by atoms with Crippen LogP contribution in [0.3, 0.4) is 0 Å². The number of hydrogen-bond acceptors (Lipinski definition) is 3. The molecule has 1 aliphatic rings. The molecule has 1 fully saturated rings. The molecule has 2 unspecified atom stereocenters. The summed E-state index contributed by atoms with van der Waals surface area (Å²) in [6, 6.07) is -0.0417. The van der Waals surface area contributed by atoms with E-state index >= 15 is 0 Å². The van der Waals surface area contributed by atoms with Gasteiger partial charge in [0.25, 0.3) is 0 Å². The average Bonchev–Trinajstić information content (AvgIpc) is 2.23. The van der Waals surface area contributed by atoms with Crippen molar-refractivity contribution in [3.8, 4) is 0 Å². The second-order valence-corrected chi connectivity index (χ2v) is 5.32. The van der Waals surface area contributed by atoms with Gasteiger partial charge in [0, 0.05) is 13.1 Å². The number of nitrogens with one attached hydrogen (secondary N) is 1. The first-order valence-corrected chi connectivity index (χ1v) is 6.74. The lowest BCUT2D eigenvalue weighted by molar-refractivity contribution is -0.137. The van der Waals surface area contributed by atoms with Crippen molar-refractivity contribution < 1.29 is 9.90 Å². The quantitative estimate of drug-likeness (QED) is 0.730. The molecular formula is C13H26N2O2. The Hall–Kier alpha value is -0.610. The number of hydrogen-bond donors (Lipinski definition) is 2. The van der Waals surface area contributed by atoms with Gasteiger partial charge in [0.05, 0.1) is 12.1 Å². The summed E-state index contributed by atoms with van der Waals surface area (Å²) < 4.78 is 0. The van der Waals surface area contributed by atoms with Crippen molar-refractivity contribution in [2.24, 2.45) is 5.92 Å². The Balaban J connectivity index is 2.44. The van der Waals surface area contributed by atoms with Crippen LogP contribution in [0.2, 0.25) is 0 Å². The highest BCUT2D eigenvalue weighted by Gasteiger charge is 2.28. The van der Waals surface area contributed by atoms with Gasteiger partial charge in [-0.15, -0.1) is 0 Å². The van der Waals surface area contributed by atoms with E-state index in [4.69, 9.17) is 0 Å². The second kappa shape index (κ2) is 6.97. The molecule has 2 atom stereocenters. The van der Waals surface area contributed by atoms with E-state index in [1.807, 2.05) is 11.8 Å². The molecule has 0 aliphatic carbocycles. The van der Waals surface area contributed by atoms with Crippen LogP contribution in [0, 0.1) is 5.92 Å². The summed E-state index contributed by atoms with van der Waals surface area (Å²) in [5.74, 6) is 0.621. The van der Waals surface area contributed by atoms with Crippen LogP contribution >= 0.6 is 0 Å². The van der Waals surface area contributed by atoms with Crippen molar-refractivity contribution in [3.05, 3.63) is 0 Å². The maximum atomic E-state index is 12.1. The SMILES string of the molecule is CCNC1CCCN(CC(O)CC(C)C)C1=O. The van der Waals surface area contributed by atoms with Crippen LogP contribution in [0.1, 0.15) is 40.0 Å². The summed E-state index contributed by atoms with van der Waals surface area (Å²) in [6.07, 6.45) is 2.32. The van der Waals surface area contributed by atoms with Crippen LogP contribution in [-0.4, -0.2) is 47.7 Å². The van der Waals surface area contributed by atoms with Gasteiger partial charge < -0.3 is 15.3 Å². The van der Waals surface area contributed by atoms with E-state index in [-0.39, 0.29) is 18.1 Å². The number of aliphatic hydroxyl groups excluding tert-OH is 1. The van der Waals surface area contributed by atoms with E-state index in [1.54, 1.807) is 0 Å². The molecule has 1 aliphatic heterocycles.